The molecule has 0 radical (unpaired) electrons. The van der Waals surface area contributed by atoms with Crippen molar-refractivity contribution in [2.24, 2.45) is 0 Å². The van der Waals surface area contributed by atoms with Gasteiger partial charge in [0.1, 0.15) is 0 Å². The van der Waals surface area contributed by atoms with Gasteiger partial charge in [-0.25, -0.2) is 0 Å². The maximum absolute atomic E-state index is 4.81. The molecule has 0 aromatic carbocycles. The van der Waals surface area contributed by atoms with Crippen LogP contribution in [0.3, 0.4) is 0 Å². The number of hydrogen-bond donors (Lipinski definition) is 0. The Balaban J connectivity index is 2.48. The van der Waals surface area contributed by atoms with E-state index in [1.807, 2.05) is 0 Å². The summed E-state index contributed by atoms with van der Waals surface area (Å²) in [6.07, 6.45) is 2.86. The SMILES string of the molecule is C1[C@@H]2O[C@H]12. The van der Waals surface area contributed by atoms with E-state index in [4.69, 9.17) is 4.74 Å². The van der Waals surface area contributed by atoms with E-state index in [9.17, 15) is 0 Å². The molecule has 1 nitrogen and oxygen atoms in total. The lowest BCUT2D eigenvalue weighted by atomic mass is 10.9. The van der Waals surface area contributed by atoms with Crippen molar-refractivity contribution in [1.29, 1.82) is 0 Å². The van der Waals surface area contributed by atoms with Crippen molar-refractivity contribution in [3.05, 3.63) is 0 Å². The average Bonchev–Trinajstić information content (AvgIpc) is 1.36. The van der Waals surface area contributed by atoms with Crippen molar-refractivity contribution in [1.82, 2.24) is 0 Å². The van der Waals surface area contributed by atoms with Crippen LogP contribution in [-0.4, -0.2) is 12.2 Å². The van der Waals surface area contributed by atoms with E-state index in [2.05, 4.69) is 0 Å². The highest BCUT2D eigenvalue weighted by molar-refractivity contribution is 5.03. The third-order valence-electron chi connectivity index (χ3n) is 0.949. The van der Waals surface area contributed by atoms with Crippen LogP contribution in [0.5, 0.6) is 0 Å². The molecule has 0 aromatic rings. The molecule has 2 fully saturated rings. The van der Waals surface area contributed by atoms with Gasteiger partial charge >= 0.3 is 0 Å². The second-order valence-corrected chi connectivity index (χ2v) is 1.45. The lowest BCUT2D eigenvalue weighted by Gasteiger charge is -1.66. The van der Waals surface area contributed by atoms with Crippen molar-refractivity contribution >= 4 is 0 Å². The van der Waals surface area contributed by atoms with E-state index < -0.39 is 0 Å². The summed E-state index contributed by atoms with van der Waals surface area (Å²) in [4.78, 5) is 0. The molecule has 0 spiro atoms. The summed E-state index contributed by atoms with van der Waals surface area (Å²) in [7, 11) is 0. The predicted octanol–water partition coefficient (Wildman–Crippen LogP) is 0.157. The van der Waals surface area contributed by atoms with Crippen molar-refractivity contribution in [3.63, 3.8) is 0 Å². The van der Waals surface area contributed by atoms with Crippen molar-refractivity contribution in [2.45, 2.75) is 18.6 Å². The zero-order chi connectivity index (χ0) is 2.57. The van der Waals surface area contributed by atoms with Crippen LogP contribution >= 0.6 is 0 Å². The molecule has 1 heterocycles. The fraction of sp³-hybridized carbons (Fsp3) is 1.00. The summed E-state index contributed by atoms with van der Waals surface area (Å²) < 4.78 is 4.81. The van der Waals surface area contributed by atoms with Crippen molar-refractivity contribution in [3.8, 4) is 0 Å². The number of epoxide rings is 1. The molecule has 1 heteroatoms. The lowest BCUT2D eigenvalue weighted by Crippen LogP contribution is -1.62. The molecule has 2 atom stereocenters. The highest BCUT2D eigenvalue weighted by atomic mass is 16.6. The smallest absolute Gasteiger partial charge is 0.0868 e. The van der Waals surface area contributed by atoms with Crippen LogP contribution in [0.2, 0.25) is 0 Å². The molecule has 1 saturated carbocycles. The quantitative estimate of drug-likeness (QED) is 0.360. The van der Waals surface area contributed by atoms with Gasteiger partial charge in [-0.2, -0.15) is 0 Å². The molecule has 0 amide bonds. The van der Waals surface area contributed by atoms with Gasteiger partial charge in [-0.05, 0) is 0 Å². The topological polar surface area (TPSA) is 12.5 Å². The van der Waals surface area contributed by atoms with Gasteiger partial charge in [-0.15, -0.1) is 0 Å². The first-order valence-corrected chi connectivity index (χ1v) is 1.62. The first kappa shape index (κ1) is 1.41. The Morgan fingerprint density at radius 2 is 1.75 bits per heavy atom. The van der Waals surface area contributed by atoms with E-state index in [-0.39, 0.29) is 0 Å². The van der Waals surface area contributed by atoms with Crippen LogP contribution in [0.15, 0.2) is 0 Å². The molecular weight excluding hydrogens is 52.0 g/mol. The summed E-state index contributed by atoms with van der Waals surface area (Å²) in [6, 6.07) is 0. The second kappa shape index (κ2) is 0.179. The largest absolute Gasteiger partial charge is 0.369 e. The molecule has 0 aromatic heterocycles. The summed E-state index contributed by atoms with van der Waals surface area (Å²) in [5, 5.41) is 0. The Kier molecular flexibility index (Phi) is 0.0633. The Labute approximate surface area is 24.6 Å². The average molecular weight is 56.1 g/mol. The van der Waals surface area contributed by atoms with Crippen LogP contribution < -0.4 is 0 Å². The maximum atomic E-state index is 4.81. The highest BCUT2D eigenvalue weighted by Crippen LogP contribution is 2.45. The highest BCUT2D eigenvalue weighted by Gasteiger charge is 2.56. The normalized spacial score (nSPS) is 66.0. The monoisotopic (exact) mass is 56.0 g/mol. The minimum absolute atomic E-state index is 0.750. The standard InChI is InChI=1S/C3H4O/c1-2-3(1)4-2/h2-3H,1H2/t2-,3+. The molecule has 2 rings (SSSR count). The number of rotatable bonds is 0. The van der Waals surface area contributed by atoms with E-state index in [0.29, 0.717) is 0 Å². The molecule has 0 N–H and O–H groups in total. The summed E-state index contributed by atoms with van der Waals surface area (Å²) in [5.74, 6) is 0. The fourth-order valence-electron chi connectivity index (χ4n) is 0.318. The first-order valence-electron chi connectivity index (χ1n) is 1.62. The molecule has 1 aliphatic heterocycles. The molecule has 1 aliphatic carbocycles. The Bertz CT molecular complexity index is 39.2. The van der Waals surface area contributed by atoms with Gasteiger partial charge in [0.05, 0.1) is 12.2 Å². The molecule has 4 heavy (non-hydrogen) atoms. The van der Waals surface area contributed by atoms with Crippen LogP contribution in [0.25, 0.3) is 0 Å². The zero-order valence-corrected chi connectivity index (χ0v) is 2.27. The van der Waals surface area contributed by atoms with Crippen LogP contribution in [0, 0.1) is 0 Å². The Hall–Kier alpha value is -0.0400. The number of ether oxygens (including phenoxy) is 1. The molecule has 2 aliphatic rings. The Morgan fingerprint density at radius 3 is 1.75 bits per heavy atom. The second-order valence-electron chi connectivity index (χ2n) is 1.45. The Morgan fingerprint density at radius 1 is 1.50 bits per heavy atom. The fourth-order valence-corrected chi connectivity index (χ4v) is 0.318. The minimum atomic E-state index is 0.750. The molecule has 0 bridgehead atoms. The van der Waals surface area contributed by atoms with Crippen molar-refractivity contribution in [2.75, 3.05) is 0 Å². The minimum Gasteiger partial charge on any atom is -0.369 e. The van der Waals surface area contributed by atoms with E-state index in [1.165, 1.54) is 6.42 Å². The van der Waals surface area contributed by atoms with Crippen LogP contribution in [-0.2, 0) is 4.74 Å². The maximum Gasteiger partial charge on any atom is 0.0868 e. The third kappa shape index (κ3) is 0.0285. The van der Waals surface area contributed by atoms with Gasteiger partial charge in [0.15, 0.2) is 0 Å². The predicted molar refractivity (Wildman–Crippen MR) is 13.3 cm³/mol. The van der Waals surface area contributed by atoms with Crippen molar-refractivity contribution < 1.29 is 4.74 Å². The lowest BCUT2D eigenvalue weighted by molar-refractivity contribution is 0.295. The zero-order valence-electron chi connectivity index (χ0n) is 2.27. The first-order chi connectivity index (χ1) is 1.97. The van der Waals surface area contributed by atoms with E-state index in [1.54, 1.807) is 0 Å². The van der Waals surface area contributed by atoms with E-state index >= 15 is 0 Å². The van der Waals surface area contributed by atoms with Gasteiger partial charge in [0.25, 0.3) is 0 Å². The molecular formula is C3H4O. The van der Waals surface area contributed by atoms with Gasteiger partial charge in [0, 0.05) is 6.42 Å². The number of hydrogen-bond acceptors (Lipinski definition) is 1. The third-order valence-corrected chi connectivity index (χ3v) is 0.949. The molecule has 22 valence electrons. The number of fused-ring (bicyclic) bond motifs is 1. The summed E-state index contributed by atoms with van der Waals surface area (Å²) in [6.45, 7) is 0. The van der Waals surface area contributed by atoms with Gasteiger partial charge in [-0.1, -0.05) is 0 Å². The van der Waals surface area contributed by atoms with Crippen LogP contribution in [0.4, 0.5) is 0 Å². The van der Waals surface area contributed by atoms with Crippen LogP contribution in [0.1, 0.15) is 6.42 Å². The van der Waals surface area contributed by atoms with Gasteiger partial charge in [-0.3, -0.25) is 0 Å². The summed E-state index contributed by atoms with van der Waals surface area (Å²) >= 11 is 0. The van der Waals surface area contributed by atoms with Gasteiger partial charge < -0.3 is 4.74 Å². The van der Waals surface area contributed by atoms with E-state index in [0.717, 1.165) is 12.2 Å². The molecule has 1 saturated heterocycles. The summed E-state index contributed by atoms with van der Waals surface area (Å²) in [5.41, 5.74) is 0. The molecule has 0 unspecified atom stereocenters. The van der Waals surface area contributed by atoms with Gasteiger partial charge in [0.2, 0.25) is 0 Å².